The van der Waals surface area contributed by atoms with E-state index in [2.05, 4.69) is 19.3 Å². The highest BCUT2D eigenvalue weighted by molar-refractivity contribution is 4.88. The second-order valence-corrected chi connectivity index (χ2v) is 5.69. The lowest BCUT2D eigenvalue weighted by atomic mass is 9.73. The predicted molar refractivity (Wildman–Crippen MR) is 65.9 cm³/mol. The van der Waals surface area contributed by atoms with Crippen LogP contribution in [0.2, 0.25) is 0 Å². The van der Waals surface area contributed by atoms with Gasteiger partial charge in [-0.15, -0.1) is 0 Å². The fraction of sp³-hybridized carbons (Fsp3) is 1.00. The fourth-order valence-electron chi connectivity index (χ4n) is 3.49. The zero-order valence-electron chi connectivity index (χ0n) is 10.5. The zero-order valence-corrected chi connectivity index (χ0v) is 10.5. The summed E-state index contributed by atoms with van der Waals surface area (Å²) in [6, 6.07) is 0.822. The first-order valence-corrected chi connectivity index (χ1v) is 7.02. The second kappa shape index (κ2) is 5.34. The lowest BCUT2D eigenvalue weighted by molar-refractivity contribution is 0.170. The van der Waals surface area contributed by atoms with E-state index in [1.807, 2.05) is 0 Å². The van der Waals surface area contributed by atoms with Gasteiger partial charge in [0, 0.05) is 6.04 Å². The summed E-state index contributed by atoms with van der Waals surface area (Å²) in [4.78, 5) is 0. The summed E-state index contributed by atoms with van der Waals surface area (Å²) >= 11 is 0. The Balaban J connectivity index is 1.90. The fourth-order valence-corrected chi connectivity index (χ4v) is 3.49. The molecule has 2 rings (SSSR count). The molecule has 2 aliphatic carbocycles. The molecule has 0 amide bonds. The summed E-state index contributed by atoms with van der Waals surface area (Å²) in [5.41, 5.74) is 0. The van der Waals surface area contributed by atoms with Crippen LogP contribution in [0.4, 0.5) is 0 Å². The van der Waals surface area contributed by atoms with E-state index in [0.29, 0.717) is 0 Å². The average Bonchev–Trinajstić information content (AvgIpc) is 3.10. The van der Waals surface area contributed by atoms with Crippen LogP contribution >= 0.6 is 0 Å². The van der Waals surface area contributed by atoms with Crippen molar-refractivity contribution in [2.24, 2.45) is 17.8 Å². The van der Waals surface area contributed by atoms with Crippen molar-refractivity contribution in [1.29, 1.82) is 0 Å². The summed E-state index contributed by atoms with van der Waals surface area (Å²) in [6.45, 7) is 2.38. The van der Waals surface area contributed by atoms with Crippen molar-refractivity contribution >= 4 is 0 Å². The van der Waals surface area contributed by atoms with Gasteiger partial charge in [-0.1, -0.05) is 45.4 Å². The van der Waals surface area contributed by atoms with Crippen LogP contribution in [-0.2, 0) is 0 Å². The van der Waals surface area contributed by atoms with E-state index < -0.39 is 0 Å². The molecule has 2 aliphatic rings. The van der Waals surface area contributed by atoms with Crippen LogP contribution in [0.3, 0.4) is 0 Å². The Morgan fingerprint density at radius 3 is 2.47 bits per heavy atom. The molecule has 1 heteroatoms. The molecule has 0 spiro atoms. The summed E-state index contributed by atoms with van der Waals surface area (Å²) in [5.74, 6) is 3.06. The van der Waals surface area contributed by atoms with Crippen LogP contribution in [0.25, 0.3) is 0 Å². The largest absolute Gasteiger partial charge is 0.317 e. The van der Waals surface area contributed by atoms with E-state index in [1.54, 1.807) is 0 Å². The minimum Gasteiger partial charge on any atom is -0.317 e. The van der Waals surface area contributed by atoms with E-state index in [9.17, 15) is 0 Å². The molecule has 0 aromatic heterocycles. The molecule has 88 valence electrons. The Hall–Kier alpha value is -0.0400. The van der Waals surface area contributed by atoms with E-state index >= 15 is 0 Å². The maximum atomic E-state index is 3.61. The quantitative estimate of drug-likeness (QED) is 0.729. The van der Waals surface area contributed by atoms with Gasteiger partial charge in [-0.05, 0) is 37.6 Å². The van der Waals surface area contributed by atoms with Crippen LogP contribution in [0.5, 0.6) is 0 Å². The van der Waals surface area contributed by atoms with Gasteiger partial charge in [-0.2, -0.15) is 0 Å². The smallest absolute Gasteiger partial charge is 0.00976 e. The molecule has 0 aliphatic heterocycles. The highest BCUT2D eigenvalue weighted by Gasteiger charge is 2.33. The van der Waals surface area contributed by atoms with Gasteiger partial charge in [0.25, 0.3) is 0 Å². The third-order valence-corrected chi connectivity index (χ3v) is 4.66. The summed E-state index contributed by atoms with van der Waals surface area (Å²) in [5, 5.41) is 3.61. The molecule has 3 atom stereocenters. The maximum absolute atomic E-state index is 3.61. The molecule has 2 fully saturated rings. The average molecular weight is 209 g/mol. The van der Waals surface area contributed by atoms with Gasteiger partial charge in [0.05, 0.1) is 0 Å². The van der Waals surface area contributed by atoms with Gasteiger partial charge >= 0.3 is 0 Å². The van der Waals surface area contributed by atoms with Crippen LogP contribution in [0, 0.1) is 17.8 Å². The maximum Gasteiger partial charge on any atom is 0.00976 e. The monoisotopic (exact) mass is 209 g/mol. The first-order chi connectivity index (χ1) is 7.35. The van der Waals surface area contributed by atoms with Crippen LogP contribution in [0.15, 0.2) is 0 Å². The van der Waals surface area contributed by atoms with Gasteiger partial charge in [-0.25, -0.2) is 0 Å². The molecule has 0 aromatic carbocycles. The Morgan fingerprint density at radius 2 is 1.87 bits per heavy atom. The van der Waals surface area contributed by atoms with Crippen molar-refractivity contribution in [3.05, 3.63) is 0 Å². The topological polar surface area (TPSA) is 12.0 Å². The van der Waals surface area contributed by atoms with E-state index in [1.165, 1.54) is 51.4 Å². The van der Waals surface area contributed by atoms with Crippen molar-refractivity contribution in [2.45, 2.75) is 64.3 Å². The number of hydrogen-bond acceptors (Lipinski definition) is 1. The van der Waals surface area contributed by atoms with E-state index in [0.717, 1.165) is 23.8 Å². The number of nitrogens with one attached hydrogen (secondary N) is 1. The molecule has 1 nitrogen and oxygen atoms in total. The summed E-state index contributed by atoms with van der Waals surface area (Å²) < 4.78 is 0. The lowest BCUT2D eigenvalue weighted by Gasteiger charge is -2.37. The molecular formula is C14H27N. The molecule has 3 unspecified atom stereocenters. The molecular weight excluding hydrogens is 182 g/mol. The van der Waals surface area contributed by atoms with E-state index in [-0.39, 0.29) is 0 Å². The third-order valence-electron chi connectivity index (χ3n) is 4.66. The summed E-state index contributed by atoms with van der Waals surface area (Å²) in [6.07, 6.45) is 11.8. The van der Waals surface area contributed by atoms with Crippen LogP contribution in [0.1, 0.15) is 58.3 Å². The molecule has 2 saturated carbocycles. The summed E-state index contributed by atoms with van der Waals surface area (Å²) in [7, 11) is 2.17. The highest BCUT2D eigenvalue weighted by atomic mass is 14.9. The van der Waals surface area contributed by atoms with Crippen molar-refractivity contribution in [3.8, 4) is 0 Å². The molecule has 1 N–H and O–H groups in total. The molecule has 0 radical (unpaired) electrons. The minimum absolute atomic E-state index is 0.822. The Bertz CT molecular complexity index is 186. The van der Waals surface area contributed by atoms with Crippen molar-refractivity contribution in [1.82, 2.24) is 5.32 Å². The second-order valence-electron chi connectivity index (χ2n) is 5.69. The van der Waals surface area contributed by atoms with Crippen LogP contribution in [-0.4, -0.2) is 13.1 Å². The van der Waals surface area contributed by atoms with Gasteiger partial charge in [-0.3, -0.25) is 0 Å². The van der Waals surface area contributed by atoms with Gasteiger partial charge in [0.15, 0.2) is 0 Å². The molecule has 0 saturated heterocycles. The third kappa shape index (κ3) is 2.96. The van der Waals surface area contributed by atoms with Crippen molar-refractivity contribution < 1.29 is 0 Å². The molecule has 0 heterocycles. The minimum atomic E-state index is 0.822. The molecule has 0 aromatic rings. The highest BCUT2D eigenvalue weighted by Crippen LogP contribution is 2.40. The normalized spacial score (nSPS) is 34.0. The predicted octanol–water partition coefficient (Wildman–Crippen LogP) is 3.59. The SMILES string of the molecule is CCC1CCCCC1C(CC1CC1)NC. The zero-order chi connectivity index (χ0) is 10.7. The van der Waals surface area contributed by atoms with Gasteiger partial charge in [0.1, 0.15) is 0 Å². The first-order valence-electron chi connectivity index (χ1n) is 7.02. The first kappa shape index (κ1) is 11.4. The number of hydrogen-bond donors (Lipinski definition) is 1. The Morgan fingerprint density at radius 1 is 1.13 bits per heavy atom. The Kier molecular flexibility index (Phi) is 4.07. The molecule has 0 bridgehead atoms. The number of rotatable bonds is 5. The van der Waals surface area contributed by atoms with E-state index in [4.69, 9.17) is 0 Å². The van der Waals surface area contributed by atoms with Gasteiger partial charge in [0.2, 0.25) is 0 Å². The van der Waals surface area contributed by atoms with Crippen LogP contribution < -0.4 is 5.32 Å². The van der Waals surface area contributed by atoms with Gasteiger partial charge < -0.3 is 5.32 Å². The standard InChI is InChI=1S/C14H27N/c1-3-12-6-4-5-7-13(12)14(15-2)10-11-8-9-11/h11-15H,3-10H2,1-2H3. The van der Waals surface area contributed by atoms with Crippen molar-refractivity contribution in [3.63, 3.8) is 0 Å². The lowest BCUT2D eigenvalue weighted by Crippen LogP contribution is -2.39. The Labute approximate surface area is 95.0 Å². The molecule has 15 heavy (non-hydrogen) atoms. The van der Waals surface area contributed by atoms with Crippen molar-refractivity contribution in [2.75, 3.05) is 7.05 Å².